The Hall–Kier alpha value is -3.15. The van der Waals surface area contributed by atoms with Crippen LogP contribution in [0.3, 0.4) is 0 Å². The van der Waals surface area contributed by atoms with Crippen LogP contribution in [0.25, 0.3) is 22.5 Å². The van der Waals surface area contributed by atoms with Crippen LogP contribution in [0.4, 0.5) is 0 Å². The summed E-state index contributed by atoms with van der Waals surface area (Å²) < 4.78 is 16.3. The molecule has 0 saturated carbocycles. The van der Waals surface area contributed by atoms with Gasteiger partial charge in [-0.2, -0.15) is 0 Å². The number of fused-ring (bicyclic) bond motifs is 1. The molecular formula is C19H16O6. The summed E-state index contributed by atoms with van der Waals surface area (Å²) in [6, 6.07) is 6.66. The average molecular weight is 340 g/mol. The monoisotopic (exact) mass is 340 g/mol. The molecule has 6 nitrogen and oxygen atoms in total. The van der Waals surface area contributed by atoms with Crippen LogP contribution in [0.15, 0.2) is 37.9 Å². The number of furan rings is 1. The van der Waals surface area contributed by atoms with Crippen LogP contribution >= 0.6 is 0 Å². The first-order valence-corrected chi connectivity index (χ1v) is 7.66. The topological polar surface area (TPSA) is 86.7 Å². The Bertz CT molecular complexity index is 1070. The van der Waals surface area contributed by atoms with E-state index in [-0.39, 0.29) is 22.9 Å². The van der Waals surface area contributed by atoms with E-state index >= 15 is 0 Å². The Morgan fingerprint density at radius 1 is 1.04 bits per heavy atom. The third-order valence-corrected chi connectivity index (χ3v) is 3.94. The highest BCUT2D eigenvalue weighted by atomic mass is 16.5. The third kappa shape index (κ3) is 2.87. The van der Waals surface area contributed by atoms with Gasteiger partial charge < -0.3 is 13.6 Å². The fraction of sp³-hybridized carbons (Fsp3) is 0.211. The lowest BCUT2D eigenvalue weighted by atomic mass is 10.00. The van der Waals surface area contributed by atoms with Gasteiger partial charge in [0, 0.05) is 23.6 Å². The Morgan fingerprint density at radius 2 is 1.76 bits per heavy atom. The van der Waals surface area contributed by atoms with Crippen LogP contribution in [0.2, 0.25) is 0 Å². The molecule has 0 spiro atoms. The molecule has 0 bridgehead atoms. The summed E-state index contributed by atoms with van der Waals surface area (Å²) in [5, 5.41) is 0.569. The molecule has 0 atom stereocenters. The van der Waals surface area contributed by atoms with Gasteiger partial charge in [-0.1, -0.05) is 6.07 Å². The Labute approximate surface area is 143 Å². The molecule has 0 unspecified atom stereocenters. The zero-order valence-electron chi connectivity index (χ0n) is 14.3. The molecule has 0 aliphatic carbocycles. The van der Waals surface area contributed by atoms with Crippen LogP contribution in [0.5, 0.6) is 5.75 Å². The van der Waals surface area contributed by atoms with Gasteiger partial charge in [-0.05, 0) is 39.0 Å². The van der Waals surface area contributed by atoms with E-state index in [4.69, 9.17) is 13.6 Å². The third-order valence-electron chi connectivity index (χ3n) is 3.94. The maximum atomic E-state index is 12.1. The molecule has 128 valence electrons. The first kappa shape index (κ1) is 16.7. The van der Waals surface area contributed by atoms with Gasteiger partial charge in [0.15, 0.2) is 17.3 Å². The molecule has 0 aliphatic heterocycles. The van der Waals surface area contributed by atoms with Gasteiger partial charge in [0.2, 0.25) is 0 Å². The number of ketones is 1. The van der Waals surface area contributed by atoms with Crippen LogP contribution in [-0.4, -0.2) is 11.8 Å². The fourth-order valence-electron chi connectivity index (χ4n) is 2.90. The summed E-state index contributed by atoms with van der Waals surface area (Å²) in [7, 11) is 0. The van der Waals surface area contributed by atoms with Crippen molar-refractivity contribution in [1.29, 1.82) is 0 Å². The Balaban J connectivity index is 2.26. The normalized spacial score (nSPS) is 10.9. The number of rotatable bonds is 3. The molecular weight excluding hydrogens is 324 g/mol. The number of carbonyl (C=O) groups is 2. The first-order chi connectivity index (χ1) is 11.8. The lowest BCUT2D eigenvalue weighted by Crippen LogP contribution is -2.13. The largest absolute Gasteiger partial charge is 0.453 e. The minimum Gasteiger partial charge on any atom is -0.453 e. The van der Waals surface area contributed by atoms with Crippen molar-refractivity contribution in [2.24, 2.45) is 0 Å². The standard InChI is InChI=1S/C19H16O6/c1-9-17(11(3)20)10(2)19(22)25-18(9)16-8-13-14(23-12(4)21)6-5-7-15(13)24-16/h5-8H,1-4H3. The molecule has 3 aromatic rings. The summed E-state index contributed by atoms with van der Waals surface area (Å²) in [4.78, 5) is 35.2. The second-order valence-electron chi connectivity index (χ2n) is 5.77. The molecule has 2 heterocycles. The Kier molecular flexibility index (Phi) is 4.04. The zero-order chi connectivity index (χ0) is 18.3. The summed E-state index contributed by atoms with van der Waals surface area (Å²) in [6.07, 6.45) is 0. The SMILES string of the molecule is CC(=O)Oc1cccc2oc(-c3oc(=O)c(C)c(C(C)=O)c3C)cc12. The molecule has 0 N–H and O–H groups in total. The van der Waals surface area contributed by atoms with Gasteiger partial charge in [-0.15, -0.1) is 0 Å². The summed E-state index contributed by atoms with van der Waals surface area (Å²) in [6.45, 7) is 5.96. The lowest BCUT2D eigenvalue weighted by molar-refractivity contribution is -0.131. The highest BCUT2D eigenvalue weighted by molar-refractivity contribution is 5.98. The highest BCUT2D eigenvalue weighted by Crippen LogP contribution is 2.35. The van der Waals surface area contributed by atoms with Gasteiger partial charge in [0.1, 0.15) is 11.3 Å². The number of carbonyl (C=O) groups excluding carboxylic acids is 2. The van der Waals surface area contributed by atoms with Crippen LogP contribution < -0.4 is 10.4 Å². The van der Waals surface area contributed by atoms with E-state index in [1.165, 1.54) is 13.8 Å². The van der Waals surface area contributed by atoms with E-state index in [0.717, 1.165) is 0 Å². The van der Waals surface area contributed by atoms with Crippen molar-refractivity contribution >= 4 is 22.7 Å². The van der Waals surface area contributed by atoms with Gasteiger partial charge in [0.05, 0.1) is 5.39 Å². The van der Waals surface area contributed by atoms with E-state index in [2.05, 4.69) is 0 Å². The molecule has 0 aliphatic rings. The fourth-order valence-corrected chi connectivity index (χ4v) is 2.90. The van der Waals surface area contributed by atoms with Crippen LogP contribution in [0.1, 0.15) is 35.3 Å². The van der Waals surface area contributed by atoms with Gasteiger partial charge in [0.25, 0.3) is 0 Å². The second-order valence-corrected chi connectivity index (χ2v) is 5.77. The molecule has 0 fully saturated rings. The highest BCUT2D eigenvalue weighted by Gasteiger charge is 2.21. The van der Waals surface area contributed by atoms with Crippen molar-refractivity contribution in [2.45, 2.75) is 27.7 Å². The van der Waals surface area contributed by atoms with E-state index in [1.54, 1.807) is 38.1 Å². The van der Waals surface area contributed by atoms with Crippen molar-refractivity contribution in [2.75, 3.05) is 0 Å². The second kappa shape index (κ2) is 6.05. The molecule has 3 rings (SSSR count). The van der Waals surface area contributed by atoms with E-state index in [0.29, 0.717) is 27.8 Å². The quantitative estimate of drug-likeness (QED) is 0.409. The molecule has 0 saturated heterocycles. The molecule has 1 aromatic carbocycles. The number of Topliss-reactive ketones (excluding diaryl/α,β-unsaturated/α-hetero) is 1. The van der Waals surface area contributed by atoms with E-state index in [9.17, 15) is 14.4 Å². The van der Waals surface area contributed by atoms with Crippen LogP contribution in [0, 0.1) is 13.8 Å². The van der Waals surface area contributed by atoms with E-state index in [1.807, 2.05) is 0 Å². The molecule has 0 amide bonds. The lowest BCUT2D eigenvalue weighted by Gasteiger charge is -2.08. The van der Waals surface area contributed by atoms with Crippen molar-refractivity contribution in [3.05, 3.63) is 51.4 Å². The molecule has 25 heavy (non-hydrogen) atoms. The predicted molar refractivity (Wildman–Crippen MR) is 91.0 cm³/mol. The molecule has 2 aromatic heterocycles. The van der Waals surface area contributed by atoms with Gasteiger partial charge >= 0.3 is 11.6 Å². The molecule has 6 heteroatoms. The summed E-state index contributed by atoms with van der Waals surface area (Å²) in [5.74, 6) is 0.143. The average Bonchev–Trinajstić information content (AvgIpc) is 2.95. The predicted octanol–water partition coefficient (Wildman–Crippen LogP) is 3.80. The number of benzene rings is 1. The number of hydrogen-bond donors (Lipinski definition) is 0. The van der Waals surface area contributed by atoms with Crippen molar-refractivity contribution in [1.82, 2.24) is 0 Å². The summed E-state index contributed by atoms with van der Waals surface area (Å²) >= 11 is 0. The van der Waals surface area contributed by atoms with Crippen molar-refractivity contribution < 1.29 is 23.2 Å². The van der Waals surface area contributed by atoms with Crippen molar-refractivity contribution in [3.63, 3.8) is 0 Å². The zero-order valence-corrected chi connectivity index (χ0v) is 14.3. The van der Waals surface area contributed by atoms with Gasteiger partial charge in [-0.3, -0.25) is 9.59 Å². The van der Waals surface area contributed by atoms with Crippen molar-refractivity contribution in [3.8, 4) is 17.3 Å². The van der Waals surface area contributed by atoms with Gasteiger partial charge in [-0.25, -0.2) is 4.79 Å². The minimum atomic E-state index is -0.591. The number of esters is 1. The maximum absolute atomic E-state index is 12.1. The first-order valence-electron chi connectivity index (χ1n) is 7.66. The maximum Gasteiger partial charge on any atom is 0.340 e. The minimum absolute atomic E-state index is 0.186. The Morgan fingerprint density at radius 3 is 2.40 bits per heavy atom. The number of ether oxygens (including phenoxy) is 1. The van der Waals surface area contributed by atoms with Crippen LogP contribution in [-0.2, 0) is 4.79 Å². The summed E-state index contributed by atoms with van der Waals surface area (Å²) in [5.41, 5.74) is 1.00. The number of hydrogen-bond acceptors (Lipinski definition) is 6. The smallest absolute Gasteiger partial charge is 0.340 e. The molecule has 0 radical (unpaired) electrons. The van der Waals surface area contributed by atoms with E-state index < -0.39 is 11.6 Å².